The number of ether oxygens (including phenoxy) is 1. The predicted octanol–water partition coefficient (Wildman–Crippen LogP) is 1.52. The molecule has 1 fully saturated rings. The molecular formula is C19H22N4O5. The zero-order chi connectivity index (χ0) is 19.9. The molecule has 3 amide bonds. The van der Waals surface area contributed by atoms with Crippen molar-refractivity contribution in [2.45, 2.75) is 13.5 Å². The Labute approximate surface area is 162 Å². The quantitative estimate of drug-likeness (QED) is 0.835. The molecule has 0 spiro atoms. The number of furan rings is 1. The van der Waals surface area contributed by atoms with Crippen LogP contribution in [-0.2, 0) is 11.3 Å². The topological polar surface area (TPSA) is 105 Å². The van der Waals surface area contributed by atoms with E-state index in [-0.39, 0.29) is 29.9 Å². The van der Waals surface area contributed by atoms with Gasteiger partial charge in [-0.3, -0.25) is 9.59 Å². The van der Waals surface area contributed by atoms with Crippen LogP contribution in [0.25, 0.3) is 0 Å². The number of nitrogens with zero attached hydrogens (tertiary/aromatic N) is 3. The molecule has 0 unspecified atom stereocenters. The van der Waals surface area contributed by atoms with E-state index in [0.29, 0.717) is 38.5 Å². The Balaban J connectivity index is 1.58. The van der Waals surface area contributed by atoms with Crippen LogP contribution in [0.5, 0.6) is 0 Å². The van der Waals surface area contributed by atoms with Crippen molar-refractivity contribution in [3.05, 3.63) is 53.7 Å². The van der Waals surface area contributed by atoms with Crippen LogP contribution in [0.1, 0.15) is 33.7 Å². The molecule has 0 saturated carbocycles. The van der Waals surface area contributed by atoms with Gasteiger partial charge in [-0.15, -0.1) is 0 Å². The second-order valence-corrected chi connectivity index (χ2v) is 6.15. The van der Waals surface area contributed by atoms with Crippen molar-refractivity contribution in [1.29, 1.82) is 0 Å². The maximum absolute atomic E-state index is 12.7. The van der Waals surface area contributed by atoms with Gasteiger partial charge in [0, 0.05) is 26.2 Å². The fourth-order valence-electron chi connectivity index (χ4n) is 2.82. The standard InChI is InChI=1S/C19H22N4O5/c1-2-27-19(26)23-10-8-22(9-11-23)18(25)16-7-3-6-15(21-16)17(24)20-13-14-5-4-12-28-14/h3-7,12H,2,8-11,13H2,1H3,(H,20,24). The van der Waals surface area contributed by atoms with Gasteiger partial charge in [-0.2, -0.15) is 0 Å². The summed E-state index contributed by atoms with van der Waals surface area (Å²) >= 11 is 0. The summed E-state index contributed by atoms with van der Waals surface area (Å²) in [4.78, 5) is 44.1. The van der Waals surface area contributed by atoms with Gasteiger partial charge in [-0.05, 0) is 31.2 Å². The average molecular weight is 386 g/mol. The number of carbonyl (C=O) groups is 3. The van der Waals surface area contributed by atoms with Gasteiger partial charge in [0.2, 0.25) is 0 Å². The lowest BCUT2D eigenvalue weighted by molar-refractivity contribution is 0.0565. The minimum atomic E-state index is -0.391. The zero-order valence-electron chi connectivity index (χ0n) is 15.6. The molecule has 0 aliphatic carbocycles. The molecule has 2 aromatic heterocycles. The Morgan fingerprint density at radius 1 is 1.07 bits per heavy atom. The van der Waals surface area contributed by atoms with Crippen LogP contribution in [0.2, 0.25) is 0 Å². The van der Waals surface area contributed by atoms with Crippen molar-refractivity contribution >= 4 is 17.9 Å². The highest BCUT2D eigenvalue weighted by Crippen LogP contribution is 2.09. The second-order valence-electron chi connectivity index (χ2n) is 6.15. The molecule has 0 aromatic carbocycles. The molecule has 0 bridgehead atoms. The number of pyridine rings is 1. The first-order valence-corrected chi connectivity index (χ1v) is 9.07. The van der Waals surface area contributed by atoms with Gasteiger partial charge in [-0.1, -0.05) is 6.07 Å². The highest BCUT2D eigenvalue weighted by Gasteiger charge is 2.26. The number of hydrogen-bond donors (Lipinski definition) is 1. The first-order valence-electron chi connectivity index (χ1n) is 9.07. The van der Waals surface area contributed by atoms with E-state index in [9.17, 15) is 14.4 Å². The van der Waals surface area contributed by atoms with Gasteiger partial charge in [-0.25, -0.2) is 9.78 Å². The minimum absolute atomic E-state index is 0.155. The van der Waals surface area contributed by atoms with E-state index in [1.54, 1.807) is 47.1 Å². The van der Waals surface area contributed by atoms with Crippen molar-refractivity contribution in [2.75, 3.05) is 32.8 Å². The summed E-state index contributed by atoms with van der Waals surface area (Å²) in [5.74, 6) is -0.0394. The Morgan fingerprint density at radius 3 is 2.46 bits per heavy atom. The van der Waals surface area contributed by atoms with Crippen LogP contribution >= 0.6 is 0 Å². The Morgan fingerprint density at radius 2 is 1.79 bits per heavy atom. The molecule has 9 nitrogen and oxygen atoms in total. The molecule has 1 aliphatic heterocycles. The van der Waals surface area contributed by atoms with Crippen LogP contribution < -0.4 is 5.32 Å². The number of rotatable bonds is 5. The average Bonchev–Trinajstić information content (AvgIpc) is 3.25. The third-order valence-electron chi connectivity index (χ3n) is 4.30. The van der Waals surface area contributed by atoms with Crippen molar-refractivity contribution < 1.29 is 23.5 Å². The molecular weight excluding hydrogens is 364 g/mol. The Kier molecular flexibility index (Phi) is 6.25. The SMILES string of the molecule is CCOC(=O)N1CCN(C(=O)c2cccc(C(=O)NCc3ccco3)n2)CC1. The maximum Gasteiger partial charge on any atom is 0.409 e. The highest BCUT2D eigenvalue weighted by atomic mass is 16.6. The fourth-order valence-corrected chi connectivity index (χ4v) is 2.82. The van der Waals surface area contributed by atoms with E-state index in [4.69, 9.17) is 9.15 Å². The van der Waals surface area contributed by atoms with Crippen LogP contribution in [0, 0.1) is 0 Å². The monoisotopic (exact) mass is 386 g/mol. The molecule has 9 heteroatoms. The van der Waals surface area contributed by atoms with E-state index in [2.05, 4.69) is 10.3 Å². The van der Waals surface area contributed by atoms with Crippen molar-refractivity contribution in [3.8, 4) is 0 Å². The van der Waals surface area contributed by atoms with Gasteiger partial charge in [0.1, 0.15) is 17.1 Å². The largest absolute Gasteiger partial charge is 0.467 e. The molecule has 1 aliphatic rings. The van der Waals surface area contributed by atoms with E-state index in [1.807, 2.05) is 0 Å². The van der Waals surface area contributed by atoms with Crippen molar-refractivity contribution in [2.24, 2.45) is 0 Å². The van der Waals surface area contributed by atoms with Gasteiger partial charge in [0.25, 0.3) is 11.8 Å². The molecule has 148 valence electrons. The van der Waals surface area contributed by atoms with Gasteiger partial charge >= 0.3 is 6.09 Å². The number of hydrogen-bond acceptors (Lipinski definition) is 6. The first-order chi connectivity index (χ1) is 13.6. The lowest BCUT2D eigenvalue weighted by Crippen LogP contribution is -2.50. The Bertz CT molecular complexity index is 829. The number of amides is 3. The van der Waals surface area contributed by atoms with Crippen LogP contribution in [-0.4, -0.2) is 65.5 Å². The van der Waals surface area contributed by atoms with E-state index >= 15 is 0 Å². The summed E-state index contributed by atoms with van der Waals surface area (Å²) in [6, 6.07) is 8.23. The van der Waals surface area contributed by atoms with E-state index in [1.165, 1.54) is 6.26 Å². The third-order valence-corrected chi connectivity index (χ3v) is 4.30. The highest BCUT2D eigenvalue weighted by molar-refractivity contribution is 5.96. The van der Waals surface area contributed by atoms with Gasteiger partial charge in [0.05, 0.1) is 19.4 Å². The summed E-state index contributed by atoms with van der Waals surface area (Å²) in [5.41, 5.74) is 0.345. The normalized spacial score (nSPS) is 13.9. The van der Waals surface area contributed by atoms with Crippen molar-refractivity contribution in [1.82, 2.24) is 20.1 Å². The lowest BCUT2D eigenvalue weighted by Gasteiger charge is -2.33. The third kappa shape index (κ3) is 4.67. The summed E-state index contributed by atoms with van der Waals surface area (Å²) in [7, 11) is 0. The number of piperazine rings is 1. The van der Waals surface area contributed by atoms with Gasteiger partial charge in [0.15, 0.2) is 0 Å². The second kappa shape index (κ2) is 9.03. The molecule has 3 heterocycles. The minimum Gasteiger partial charge on any atom is -0.467 e. The number of nitrogens with one attached hydrogen (secondary N) is 1. The zero-order valence-corrected chi connectivity index (χ0v) is 15.6. The predicted molar refractivity (Wildman–Crippen MR) is 98.6 cm³/mol. The van der Waals surface area contributed by atoms with Crippen LogP contribution in [0.15, 0.2) is 41.0 Å². The smallest absolute Gasteiger partial charge is 0.409 e. The number of aromatic nitrogens is 1. The fraction of sp³-hybridized carbons (Fsp3) is 0.368. The first kappa shape index (κ1) is 19.4. The molecule has 2 aromatic rings. The summed E-state index contributed by atoms with van der Waals surface area (Å²) in [6.07, 6.45) is 1.16. The summed E-state index contributed by atoms with van der Waals surface area (Å²) < 4.78 is 10.1. The van der Waals surface area contributed by atoms with Crippen molar-refractivity contribution in [3.63, 3.8) is 0 Å². The van der Waals surface area contributed by atoms with Crippen LogP contribution in [0.4, 0.5) is 4.79 Å². The lowest BCUT2D eigenvalue weighted by atomic mass is 10.2. The summed E-state index contributed by atoms with van der Waals surface area (Å²) in [6.45, 7) is 3.86. The molecule has 1 N–H and O–H groups in total. The molecule has 1 saturated heterocycles. The molecule has 28 heavy (non-hydrogen) atoms. The van der Waals surface area contributed by atoms with Crippen LogP contribution in [0.3, 0.4) is 0 Å². The molecule has 3 rings (SSSR count). The van der Waals surface area contributed by atoms with E-state index < -0.39 is 5.91 Å². The van der Waals surface area contributed by atoms with E-state index in [0.717, 1.165) is 0 Å². The summed E-state index contributed by atoms with van der Waals surface area (Å²) in [5, 5.41) is 2.70. The maximum atomic E-state index is 12.7. The molecule has 0 radical (unpaired) electrons. The number of carbonyl (C=O) groups excluding carboxylic acids is 3. The van der Waals surface area contributed by atoms with Gasteiger partial charge < -0.3 is 24.3 Å². The molecule has 0 atom stereocenters. The Hall–Kier alpha value is -3.36.